The molecule has 4 aromatic rings. The van der Waals surface area contributed by atoms with Crippen molar-refractivity contribution in [2.24, 2.45) is 0 Å². The quantitative estimate of drug-likeness (QED) is 0.228. The van der Waals surface area contributed by atoms with E-state index in [0.29, 0.717) is 6.54 Å². The van der Waals surface area contributed by atoms with Gasteiger partial charge in [-0.1, -0.05) is 60.3 Å². The van der Waals surface area contributed by atoms with Gasteiger partial charge in [0.2, 0.25) is 0 Å². The van der Waals surface area contributed by atoms with E-state index in [4.69, 9.17) is 4.98 Å². The molecular formula is C24H22N2OS2. The van der Waals surface area contributed by atoms with Gasteiger partial charge in [0.1, 0.15) is 4.83 Å². The lowest BCUT2D eigenvalue weighted by atomic mass is 9.97. The number of fused-ring (bicyclic) bond motifs is 4. The van der Waals surface area contributed by atoms with E-state index in [1.165, 1.54) is 33.2 Å². The molecule has 0 unspecified atom stereocenters. The zero-order chi connectivity index (χ0) is 19.8. The smallest absolute Gasteiger partial charge is 0.263 e. The lowest BCUT2D eigenvalue weighted by Crippen LogP contribution is -2.23. The summed E-state index contributed by atoms with van der Waals surface area (Å²) in [6.07, 6.45) is 6.24. The SMILES string of the molecule is C=CCn1c(SCc2cccc3ccccc23)nc2sc3c(c2c1=O)CCCC3. The molecule has 5 rings (SSSR count). The molecule has 0 amide bonds. The monoisotopic (exact) mass is 418 g/mol. The predicted molar refractivity (Wildman–Crippen MR) is 124 cm³/mol. The van der Waals surface area contributed by atoms with Crippen molar-refractivity contribution in [1.82, 2.24) is 9.55 Å². The number of allylic oxidation sites excluding steroid dienone is 1. The standard InChI is InChI=1S/C24H22N2OS2/c1-2-14-26-23(27)21-19-12-5-6-13-20(19)29-22(21)25-24(26)28-15-17-10-7-9-16-8-3-4-11-18(16)17/h2-4,7-11H,1,5-6,12-15H2. The van der Waals surface area contributed by atoms with Gasteiger partial charge in [-0.05, 0) is 47.6 Å². The van der Waals surface area contributed by atoms with Crippen molar-refractivity contribution in [1.29, 1.82) is 0 Å². The van der Waals surface area contributed by atoms with E-state index in [-0.39, 0.29) is 5.56 Å². The second-order valence-corrected chi connectivity index (χ2v) is 9.44. The van der Waals surface area contributed by atoms with Crippen LogP contribution >= 0.6 is 23.1 Å². The van der Waals surface area contributed by atoms with Crippen LogP contribution in [0, 0.1) is 0 Å². The number of thioether (sulfide) groups is 1. The number of nitrogens with zero attached hydrogens (tertiary/aromatic N) is 2. The number of aromatic nitrogens is 2. The molecule has 146 valence electrons. The number of aryl methyl sites for hydroxylation is 2. The van der Waals surface area contributed by atoms with Crippen LogP contribution in [0.25, 0.3) is 21.0 Å². The van der Waals surface area contributed by atoms with Crippen molar-refractivity contribution < 1.29 is 0 Å². The maximum Gasteiger partial charge on any atom is 0.263 e. The molecule has 2 heterocycles. The van der Waals surface area contributed by atoms with Crippen LogP contribution in [0.4, 0.5) is 0 Å². The van der Waals surface area contributed by atoms with E-state index in [1.54, 1.807) is 33.7 Å². The van der Waals surface area contributed by atoms with Gasteiger partial charge in [-0.3, -0.25) is 9.36 Å². The minimum absolute atomic E-state index is 0.0923. The van der Waals surface area contributed by atoms with Crippen molar-refractivity contribution in [3.63, 3.8) is 0 Å². The molecule has 5 heteroatoms. The molecule has 0 N–H and O–H groups in total. The zero-order valence-corrected chi connectivity index (χ0v) is 17.8. The fourth-order valence-corrected chi connectivity index (χ4v) is 6.50. The molecule has 2 aromatic carbocycles. The molecule has 0 bridgehead atoms. The molecule has 0 spiro atoms. The minimum Gasteiger partial charge on any atom is -0.283 e. The highest BCUT2D eigenvalue weighted by atomic mass is 32.2. The highest BCUT2D eigenvalue weighted by Gasteiger charge is 2.22. The summed E-state index contributed by atoms with van der Waals surface area (Å²) < 4.78 is 1.80. The molecule has 0 atom stereocenters. The largest absolute Gasteiger partial charge is 0.283 e. The van der Waals surface area contributed by atoms with E-state index in [0.717, 1.165) is 40.4 Å². The third-order valence-electron chi connectivity index (χ3n) is 5.59. The van der Waals surface area contributed by atoms with Crippen LogP contribution in [-0.2, 0) is 25.1 Å². The molecule has 0 saturated carbocycles. The van der Waals surface area contributed by atoms with Crippen molar-refractivity contribution in [3.8, 4) is 0 Å². The Hall–Kier alpha value is -2.37. The van der Waals surface area contributed by atoms with Crippen LogP contribution in [0.3, 0.4) is 0 Å². The second-order valence-electron chi connectivity index (χ2n) is 7.42. The summed E-state index contributed by atoms with van der Waals surface area (Å²) in [4.78, 5) is 20.6. The maximum atomic E-state index is 13.4. The molecule has 1 aliphatic rings. The summed E-state index contributed by atoms with van der Waals surface area (Å²) in [5.41, 5.74) is 2.60. The van der Waals surface area contributed by atoms with Crippen LogP contribution in [-0.4, -0.2) is 9.55 Å². The summed E-state index contributed by atoms with van der Waals surface area (Å²) in [7, 11) is 0. The Kier molecular flexibility index (Phi) is 5.02. The maximum absolute atomic E-state index is 13.4. The Morgan fingerprint density at radius 3 is 2.86 bits per heavy atom. The van der Waals surface area contributed by atoms with Gasteiger partial charge in [-0.2, -0.15) is 0 Å². The Morgan fingerprint density at radius 1 is 1.14 bits per heavy atom. The van der Waals surface area contributed by atoms with Gasteiger partial charge in [0.05, 0.1) is 5.39 Å². The first-order valence-corrected chi connectivity index (χ1v) is 11.8. The summed E-state index contributed by atoms with van der Waals surface area (Å²) in [6, 6.07) is 14.8. The van der Waals surface area contributed by atoms with Crippen LogP contribution in [0.5, 0.6) is 0 Å². The Labute approximate surface area is 178 Å². The van der Waals surface area contributed by atoms with Crippen LogP contribution in [0.2, 0.25) is 0 Å². The minimum atomic E-state index is 0.0923. The summed E-state index contributed by atoms with van der Waals surface area (Å²) in [6.45, 7) is 4.35. The first-order valence-electron chi connectivity index (χ1n) is 10.0. The first-order chi connectivity index (χ1) is 14.3. The number of benzene rings is 2. The number of rotatable bonds is 5. The van der Waals surface area contributed by atoms with Crippen LogP contribution in [0.1, 0.15) is 28.8 Å². The number of thiophene rings is 1. The summed E-state index contributed by atoms with van der Waals surface area (Å²) in [5, 5.41) is 4.13. The molecular weight excluding hydrogens is 396 g/mol. The summed E-state index contributed by atoms with van der Waals surface area (Å²) in [5.74, 6) is 0.779. The Bertz CT molecular complexity index is 1280. The van der Waals surface area contributed by atoms with E-state index >= 15 is 0 Å². The fraction of sp³-hybridized carbons (Fsp3) is 0.250. The normalized spacial score (nSPS) is 13.7. The lowest BCUT2D eigenvalue weighted by molar-refractivity contribution is 0.668. The van der Waals surface area contributed by atoms with E-state index in [2.05, 4.69) is 49.0 Å². The molecule has 0 fully saturated rings. The highest BCUT2D eigenvalue weighted by molar-refractivity contribution is 7.98. The molecule has 2 aromatic heterocycles. The van der Waals surface area contributed by atoms with E-state index in [1.807, 2.05) is 0 Å². The Morgan fingerprint density at radius 2 is 1.97 bits per heavy atom. The summed E-state index contributed by atoms with van der Waals surface area (Å²) >= 11 is 3.36. The van der Waals surface area contributed by atoms with Crippen molar-refractivity contribution in [3.05, 3.63) is 81.5 Å². The zero-order valence-electron chi connectivity index (χ0n) is 16.2. The first kappa shape index (κ1) is 18.6. The third-order valence-corrected chi connectivity index (χ3v) is 7.80. The van der Waals surface area contributed by atoms with Gasteiger partial charge >= 0.3 is 0 Å². The lowest BCUT2D eigenvalue weighted by Gasteiger charge is -2.13. The third kappa shape index (κ3) is 3.32. The van der Waals surface area contributed by atoms with Gasteiger partial charge in [0.25, 0.3) is 5.56 Å². The van der Waals surface area contributed by atoms with Gasteiger partial charge in [0, 0.05) is 17.2 Å². The van der Waals surface area contributed by atoms with Gasteiger partial charge < -0.3 is 0 Å². The topological polar surface area (TPSA) is 34.9 Å². The fourth-order valence-electron chi connectivity index (χ4n) is 4.18. The average Bonchev–Trinajstić information content (AvgIpc) is 3.13. The molecule has 29 heavy (non-hydrogen) atoms. The van der Waals surface area contributed by atoms with Crippen molar-refractivity contribution in [2.75, 3.05) is 0 Å². The molecule has 0 radical (unpaired) electrons. The molecule has 1 aliphatic carbocycles. The average molecular weight is 419 g/mol. The molecule has 0 saturated heterocycles. The Balaban J connectivity index is 1.57. The van der Waals surface area contributed by atoms with Crippen molar-refractivity contribution in [2.45, 2.75) is 43.1 Å². The van der Waals surface area contributed by atoms with Crippen LogP contribution < -0.4 is 5.56 Å². The van der Waals surface area contributed by atoms with Crippen LogP contribution in [0.15, 0.2) is 65.1 Å². The molecule has 0 aliphatic heterocycles. The van der Waals surface area contributed by atoms with E-state index in [9.17, 15) is 4.79 Å². The number of hydrogen-bond donors (Lipinski definition) is 0. The van der Waals surface area contributed by atoms with Gasteiger partial charge in [0.15, 0.2) is 5.16 Å². The van der Waals surface area contributed by atoms with Crippen molar-refractivity contribution >= 4 is 44.1 Å². The number of hydrogen-bond acceptors (Lipinski definition) is 4. The van der Waals surface area contributed by atoms with E-state index < -0.39 is 0 Å². The second kappa shape index (κ2) is 7.81. The van der Waals surface area contributed by atoms with Gasteiger partial charge in [-0.25, -0.2) is 4.98 Å². The molecule has 3 nitrogen and oxygen atoms in total. The predicted octanol–water partition coefficient (Wildman–Crippen LogP) is 5.97. The highest BCUT2D eigenvalue weighted by Crippen LogP contribution is 2.35. The van der Waals surface area contributed by atoms with Gasteiger partial charge in [-0.15, -0.1) is 17.9 Å².